The fourth-order valence-corrected chi connectivity index (χ4v) is 3.22. The van der Waals surface area contributed by atoms with Crippen LogP contribution in [0, 0.1) is 6.92 Å². The topological polar surface area (TPSA) is 75.0 Å². The van der Waals surface area contributed by atoms with Gasteiger partial charge in [0.2, 0.25) is 0 Å². The number of ether oxygens (including phenoxy) is 3. The van der Waals surface area contributed by atoms with E-state index in [1.807, 2.05) is 38.1 Å². The van der Waals surface area contributed by atoms with Gasteiger partial charge in [-0.3, -0.25) is 4.79 Å². The van der Waals surface area contributed by atoms with Gasteiger partial charge in [0.25, 0.3) is 0 Å². The summed E-state index contributed by atoms with van der Waals surface area (Å²) >= 11 is 0. The lowest BCUT2D eigenvalue weighted by atomic mass is 10.1. The summed E-state index contributed by atoms with van der Waals surface area (Å²) in [4.78, 5) is 24.1. The molecule has 3 aromatic rings. The first kappa shape index (κ1) is 20.5. The molecule has 0 bridgehead atoms. The van der Waals surface area contributed by atoms with Crippen LogP contribution in [-0.4, -0.2) is 20.2 Å². The number of methoxy groups -OCH3 is 2. The van der Waals surface area contributed by atoms with Crippen LogP contribution in [0.5, 0.6) is 17.2 Å². The van der Waals surface area contributed by atoms with E-state index in [2.05, 4.69) is 0 Å². The van der Waals surface area contributed by atoms with Crippen LogP contribution in [0.3, 0.4) is 0 Å². The van der Waals surface area contributed by atoms with Crippen molar-refractivity contribution < 1.29 is 23.4 Å². The number of rotatable bonds is 7. The molecule has 0 unspecified atom stereocenters. The minimum atomic E-state index is -0.426. The van der Waals surface area contributed by atoms with Crippen molar-refractivity contribution in [2.24, 2.45) is 0 Å². The molecule has 0 atom stereocenters. The van der Waals surface area contributed by atoms with Gasteiger partial charge in [-0.2, -0.15) is 0 Å². The first-order valence-electron chi connectivity index (χ1n) is 9.44. The predicted octanol–water partition coefficient (Wildman–Crippen LogP) is 4.22. The zero-order valence-corrected chi connectivity index (χ0v) is 17.0. The van der Waals surface area contributed by atoms with E-state index < -0.39 is 5.63 Å². The van der Waals surface area contributed by atoms with Crippen LogP contribution >= 0.6 is 0 Å². The summed E-state index contributed by atoms with van der Waals surface area (Å²) in [5.41, 5.74) is 2.64. The third kappa shape index (κ3) is 4.59. The Morgan fingerprint density at radius 3 is 2.45 bits per heavy atom. The largest absolute Gasteiger partial charge is 0.493 e. The van der Waals surface area contributed by atoms with E-state index >= 15 is 0 Å². The maximum atomic E-state index is 12.4. The minimum absolute atomic E-state index is 0.203. The molecule has 0 aliphatic carbocycles. The zero-order chi connectivity index (χ0) is 21.0. The third-order valence-electron chi connectivity index (χ3n) is 4.80. The van der Waals surface area contributed by atoms with Crippen molar-refractivity contribution in [3.05, 3.63) is 63.5 Å². The lowest BCUT2D eigenvalue weighted by Crippen LogP contribution is -2.11. The predicted molar refractivity (Wildman–Crippen MR) is 110 cm³/mol. The highest BCUT2D eigenvalue weighted by atomic mass is 16.5. The van der Waals surface area contributed by atoms with Gasteiger partial charge in [-0.25, -0.2) is 4.79 Å². The summed E-state index contributed by atoms with van der Waals surface area (Å²) in [6.45, 7) is 3.84. The summed E-state index contributed by atoms with van der Waals surface area (Å²) in [5.74, 6) is 1.32. The molecule has 0 aliphatic rings. The van der Waals surface area contributed by atoms with Gasteiger partial charge >= 0.3 is 11.6 Å². The molecular formula is C23H24O6. The van der Waals surface area contributed by atoms with Gasteiger partial charge in [0, 0.05) is 23.9 Å². The lowest BCUT2D eigenvalue weighted by molar-refractivity contribution is -0.134. The molecule has 29 heavy (non-hydrogen) atoms. The Bertz CT molecular complexity index is 1100. The third-order valence-corrected chi connectivity index (χ3v) is 4.80. The average molecular weight is 396 g/mol. The quantitative estimate of drug-likeness (QED) is 0.338. The average Bonchev–Trinajstić information content (AvgIpc) is 2.71. The number of aryl methyl sites for hydroxylation is 3. The second-order valence-electron chi connectivity index (χ2n) is 6.72. The van der Waals surface area contributed by atoms with Gasteiger partial charge in [-0.15, -0.1) is 0 Å². The number of carbonyl (C=O) groups excluding carboxylic acids is 1. The Kier molecular flexibility index (Phi) is 6.22. The SMILES string of the molecule is CCc1cc2c(C)cc(=O)oc2cc1OC(=O)CCc1ccc(OC)c(OC)c1. The van der Waals surface area contributed by atoms with Crippen LogP contribution in [0.2, 0.25) is 0 Å². The van der Waals surface area contributed by atoms with Gasteiger partial charge in [-0.1, -0.05) is 13.0 Å². The van der Waals surface area contributed by atoms with Crippen molar-refractivity contribution in [3.63, 3.8) is 0 Å². The van der Waals surface area contributed by atoms with E-state index in [4.69, 9.17) is 18.6 Å². The van der Waals surface area contributed by atoms with Crippen LogP contribution < -0.4 is 19.8 Å². The Morgan fingerprint density at radius 1 is 1.00 bits per heavy atom. The van der Waals surface area contributed by atoms with Crippen LogP contribution in [0.1, 0.15) is 30.0 Å². The van der Waals surface area contributed by atoms with Gasteiger partial charge < -0.3 is 18.6 Å². The summed E-state index contributed by atoms with van der Waals surface area (Å²) in [7, 11) is 3.15. The molecule has 0 spiro atoms. The van der Waals surface area contributed by atoms with Crippen LogP contribution in [-0.2, 0) is 17.6 Å². The number of fused-ring (bicyclic) bond motifs is 1. The van der Waals surface area contributed by atoms with Crippen LogP contribution in [0.4, 0.5) is 0 Å². The molecule has 0 saturated heterocycles. The van der Waals surface area contributed by atoms with E-state index in [9.17, 15) is 9.59 Å². The lowest BCUT2D eigenvalue weighted by Gasteiger charge is -2.12. The number of hydrogen-bond acceptors (Lipinski definition) is 6. The first-order chi connectivity index (χ1) is 13.9. The maximum absolute atomic E-state index is 12.4. The second kappa shape index (κ2) is 8.82. The summed E-state index contributed by atoms with van der Waals surface area (Å²) in [6.07, 6.45) is 1.39. The van der Waals surface area contributed by atoms with E-state index in [1.165, 1.54) is 6.07 Å². The summed E-state index contributed by atoms with van der Waals surface area (Å²) in [6, 6.07) is 10.5. The fourth-order valence-electron chi connectivity index (χ4n) is 3.22. The molecule has 1 heterocycles. The van der Waals surface area contributed by atoms with Crippen LogP contribution in [0.25, 0.3) is 11.0 Å². The molecule has 6 nitrogen and oxygen atoms in total. The first-order valence-corrected chi connectivity index (χ1v) is 9.44. The molecule has 3 rings (SSSR count). The molecule has 0 amide bonds. The summed E-state index contributed by atoms with van der Waals surface area (Å²) < 4.78 is 21.4. The van der Waals surface area contributed by atoms with Gasteiger partial charge in [-0.05, 0) is 54.7 Å². The molecule has 0 aliphatic heterocycles. The second-order valence-corrected chi connectivity index (χ2v) is 6.72. The highest BCUT2D eigenvalue weighted by Gasteiger charge is 2.14. The number of benzene rings is 2. The Balaban J connectivity index is 1.76. The molecular weight excluding hydrogens is 372 g/mol. The zero-order valence-electron chi connectivity index (χ0n) is 17.0. The number of carbonyl (C=O) groups is 1. The van der Waals surface area contributed by atoms with Crippen molar-refractivity contribution in [3.8, 4) is 17.2 Å². The molecule has 2 aromatic carbocycles. The Labute approximate surface area is 169 Å². The molecule has 0 fully saturated rings. The standard InChI is InChI=1S/C23H24O6/c1-5-16-12-17-14(2)10-23(25)29-20(17)13-19(16)28-22(24)9-7-15-6-8-18(26-3)21(11-15)27-4/h6,8,10-13H,5,7,9H2,1-4H3. The highest BCUT2D eigenvalue weighted by molar-refractivity contribution is 5.84. The van der Waals surface area contributed by atoms with E-state index in [-0.39, 0.29) is 12.4 Å². The van der Waals surface area contributed by atoms with Gasteiger partial charge in [0.15, 0.2) is 11.5 Å². The van der Waals surface area contributed by atoms with Gasteiger partial charge in [0.1, 0.15) is 11.3 Å². The Hall–Kier alpha value is -3.28. The molecule has 0 N–H and O–H groups in total. The highest BCUT2D eigenvalue weighted by Crippen LogP contribution is 2.29. The van der Waals surface area contributed by atoms with E-state index in [0.717, 1.165) is 22.1 Å². The molecule has 6 heteroatoms. The summed E-state index contributed by atoms with van der Waals surface area (Å²) in [5, 5.41) is 0.839. The monoisotopic (exact) mass is 396 g/mol. The van der Waals surface area contributed by atoms with Crippen molar-refractivity contribution in [2.75, 3.05) is 14.2 Å². The maximum Gasteiger partial charge on any atom is 0.336 e. The van der Waals surface area contributed by atoms with E-state index in [1.54, 1.807) is 20.3 Å². The molecule has 1 aromatic heterocycles. The number of hydrogen-bond donors (Lipinski definition) is 0. The normalized spacial score (nSPS) is 10.8. The molecule has 0 radical (unpaired) electrons. The van der Waals surface area contributed by atoms with Crippen molar-refractivity contribution in [1.82, 2.24) is 0 Å². The fraction of sp³-hybridized carbons (Fsp3) is 0.304. The Morgan fingerprint density at radius 2 is 1.76 bits per heavy atom. The van der Waals surface area contributed by atoms with Crippen LogP contribution in [0.15, 0.2) is 45.6 Å². The number of esters is 1. The van der Waals surface area contributed by atoms with Crippen molar-refractivity contribution in [1.29, 1.82) is 0 Å². The smallest absolute Gasteiger partial charge is 0.336 e. The van der Waals surface area contributed by atoms with Gasteiger partial charge in [0.05, 0.1) is 14.2 Å². The van der Waals surface area contributed by atoms with Crippen molar-refractivity contribution >= 4 is 16.9 Å². The minimum Gasteiger partial charge on any atom is -0.493 e. The molecule has 152 valence electrons. The van der Waals surface area contributed by atoms with Crippen molar-refractivity contribution in [2.45, 2.75) is 33.1 Å². The molecule has 0 saturated carbocycles. The van der Waals surface area contributed by atoms with E-state index in [0.29, 0.717) is 35.7 Å².